The topological polar surface area (TPSA) is 48.7 Å². The van der Waals surface area contributed by atoms with Gasteiger partial charge in [-0.05, 0) is 37.6 Å². The Balaban J connectivity index is 2.20. The van der Waals surface area contributed by atoms with E-state index in [1.807, 2.05) is 44.2 Å². The van der Waals surface area contributed by atoms with Gasteiger partial charge in [0.05, 0.1) is 16.9 Å². The van der Waals surface area contributed by atoms with Crippen molar-refractivity contribution in [3.05, 3.63) is 57.9 Å². The fraction of sp³-hybridized carbons (Fsp3) is 0.200. The van der Waals surface area contributed by atoms with Crippen molar-refractivity contribution in [1.82, 2.24) is 4.98 Å². The maximum atomic E-state index is 9.18. The summed E-state index contributed by atoms with van der Waals surface area (Å²) in [5, 5.41) is 13.2. The van der Waals surface area contributed by atoms with Gasteiger partial charge in [-0.15, -0.1) is 0 Å². The van der Waals surface area contributed by atoms with Gasteiger partial charge in [0.25, 0.3) is 0 Å². The predicted octanol–water partition coefficient (Wildman–Crippen LogP) is 3.84. The van der Waals surface area contributed by atoms with Crippen LogP contribution in [-0.4, -0.2) is 4.98 Å². The Kier molecular flexibility index (Phi) is 4.03. The van der Waals surface area contributed by atoms with E-state index in [9.17, 15) is 5.26 Å². The summed E-state index contributed by atoms with van der Waals surface area (Å²) in [5.41, 5.74) is 4.18. The van der Waals surface area contributed by atoms with E-state index >= 15 is 0 Å². The molecule has 3 nitrogen and oxygen atoms in total. The highest BCUT2D eigenvalue weighted by molar-refractivity contribution is 6.30. The monoisotopic (exact) mass is 271 g/mol. The summed E-state index contributed by atoms with van der Waals surface area (Å²) in [7, 11) is 0. The molecule has 0 radical (unpaired) electrons. The first-order chi connectivity index (χ1) is 9.10. The molecule has 0 spiro atoms. The van der Waals surface area contributed by atoms with E-state index in [1.54, 1.807) is 0 Å². The van der Waals surface area contributed by atoms with Crippen LogP contribution in [0, 0.1) is 25.2 Å². The zero-order valence-corrected chi connectivity index (χ0v) is 11.6. The Bertz CT molecular complexity index is 627. The molecule has 1 aromatic heterocycles. The average Bonchev–Trinajstić information content (AvgIpc) is 2.37. The van der Waals surface area contributed by atoms with Crippen molar-refractivity contribution < 1.29 is 0 Å². The van der Waals surface area contributed by atoms with Crippen molar-refractivity contribution in [3.63, 3.8) is 0 Å². The summed E-state index contributed by atoms with van der Waals surface area (Å²) >= 11 is 5.85. The van der Waals surface area contributed by atoms with Crippen molar-refractivity contribution in [2.75, 3.05) is 5.32 Å². The molecule has 0 aliphatic carbocycles. The van der Waals surface area contributed by atoms with Crippen LogP contribution in [0.4, 0.5) is 5.69 Å². The Labute approximate surface area is 117 Å². The lowest BCUT2D eigenvalue weighted by molar-refractivity contribution is 1.08. The first-order valence-corrected chi connectivity index (χ1v) is 6.34. The molecule has 19 heavy (non-hydrogen) atoms. The van der Waals surface area contributed by atoms with E-state index in [2.05, 4.69) is 16.4 Å². The summed E-state index contributed by atoms with van der Waals surface area (Å²) < 4.78 is 0. The summed E-state index contributed by atoms with van der Waals surface area (Å²) in [6, 6.07) is 11.7. The number of benzene rings is 1. The van der Waals surface area contributed by atoms with Gasteiger partial charge in [-0.25, -0.2) is 0 Å². The SMILES string of the molecule is Cc1cc(NCc2ccc(Cl)cc2)c(C#N)c(C)n1. The third-order valence-electron chi connectivity index (χ3n) is 2.84. The van der Waals surface area contributed by atoms with Gasteiger partial charge in [-0.1, -0.05) is 23.7 Å². The van der Waals surface area contributed by atoms with E-state index in [-0.39, 0.29) is 0 Å². The van der Waals surface area contributed by atoms with Crippen LogP contribution in [0.5, 0.6) is 0 Å². The largest absolute Gasteiger partial charge is 0.380 e. The van der Waals surface area contributed by atoms with Crippen molar-refractivity contribution >= 4 is 17.3 Å². The first kappa shape index (κ1) is 13.4. The molecular weight excluding hydrogens is 258 g/mol. The molecule has 2 rings (SSSR count). The lowest BCUT2D eigenvalue weighted by Crippen LogP contribution is -2.04. The second-order valence-corrected chi connectivity index (χ2v) is 4.80. The summed E-state index contributed by atoms with van der Waals surface area (Å²) in [5.74, 6) is 0. The molecule has 0 amide bonds. The number of halogens is 1. The molecule has 1 aromatic carbocycles. The minimum Gasteiger partial charge on any atom is -0.380 e. The molecule has 4 heteroatoms. The van der Waals surface area contributed by atoms with Crippen molar-refractivity contribution in [3.8, 4) is 6.07 Å². The van der Waals surface area contributed by atoms with Gasteiger partial charge in [-0.3, -0.25) is 4.98 Å². The van der Waals surface area contributed by atoms with Gasteiger partial charge in [-0.2, -0.15) is 5.26 Å². The Morgan fingerprint density at radius 1 is 1.26 bits per heavy atom. The summed E-state index contributed by atoms with van der Waals surface area (Å²) in [6.45, 7) is 4.41. The molecule has 2 aromatic rings. The van der Waals surface area contributed by atoms with Crippen LogP contribution in [0.25, 0.3) is 0 Å². The molecule has 1 N–H and O–H groups in total. The average molecular weight is 272 g/mol. The van der Waals surface area contributed by atoms with Crippen molar-refractivity contribution in [2.24, 2.45) is 0 Å². The zero-order valence-electron chi connectivity index (χ0n) is 10.9. The minimum absolute atomic E-state index is 0.597. The van der Waals surface area contributed by atoms with Gasteiger partial charge >= 0.3 is 0 Å². The number of aryl methyl sites for hydroxylation is 2. The van der Waals surface area contributed by atoms with Crippen LogP contribution in [-0.2, 0) is 6.54 Å². The molecule has 1 heterocycles. The first-order valence-electron chi connectivity index (χ1n) is 5.97. The third kappa shape index (κ3) is 3.24. The molecule has 0 atom stereocenters. The maximum Gasteiger partial charge on any atom is 0.103 e. The number of aromatic nitrogens is 1. The normalized spacial score (nSPS) is 10.0. The maximum absolute atomic E-state index is 9.18. The number of rotatable bonds is 3. The molecule has 0 fully saturated rings. The summed E-state index contributed by atoms with van der Waals surface area (Å²) in [6.07, 6.45) is 0. The molecule has 96 valence electrons. The van der Waals surface area contributed by atoms with E-state index in [0.717, 1.165) is 27.7 Å². The van der Waals surface area contributed by atoms with E-state index in [0.29, 0.717) is 12.1 Å². The van der Waals surface area contributed by atoms with Crippen LogP contribution in [0.2, 0.25) is 5.02 Å². The second-order valence-electron chi connectivity index (χ2n) is 4.36. The van der Waals surface area contributed by atoms with Gasteiger partial charge < -0.3 is 5.32 Å². The lowest BCUT2D eigenvalue weighted by Gasteiger charge is -2.11. The highest BCUT2D eigenvalue weighted by atomic mass is 35.5. The Morgan fingerprint density at radius 3 is 2.58 bits per heavy atom. The molecule has 0 aliphatic rings. The smallest absolute Gasteiger partial charge is 0.103 e. The molecule has 0 unspecified atom stereocenters. The number of pyridine rings is 1. The highest BCUT2D eigenvalue weighted by Crippen LogP contribution is 2.20. The third-order valence-corrected chi connectivity index (χ3v) is 3.09. The number of hydrogen-bond acceptors (Lipinski definition) is 3. The number of nitrogens with one attached hydrogen (secondary N) is 1. The standard InChI is InChI=1S/C15H14ClN3/c1-10-7-15(14(8-17)11(2)19-10)18-9-12-3-5-13(16)6-4-12/h3-7H,9H2,1-2H3,(H,18,19). The molecule has 0 bridgehead atoms. The van der Waals surface area contributed by atoms with Crippen molar-refractivity contribution in [1.29, 1.82) is 5.26 Å². The van der Waals surface area contributed by atoms with Crippen LogP contribution < -0.4 is 5.32 Å². The molecular formula is C15H14ClN3. The second kappa shape index (κ2) is 5.73. The number of anilines is 1. The van der Waals surface area contributed by atoms with Gasteiger partial charge in [0, 0.05) is 17.3 Å². The van der Waals surface area contributed by atoms with Gasteiger partial charge in [0.2, 0.25) is 0 Å². The predicted molar refractivity (Wildman–Crippen MR) is 77.2 cm³/mol. The lowest BCUT2D eigenvalue weighted by atomic mass is 10.1. The van der Waals surface area contributed by atoms with Crippen LogP contribution >= 0.6 is 11.6 Å². The Hall–Kier alpha value is -2.05. The fourth-order valence-corrected chi connectivity index (χ4v) is 2.03. The van der Waals surface area contributed by atoms with Gasteiger partial charge in [0.1, 0.15) is 6.07 Å². The van der Waals surface area contributed by atoms with E-state index in [4.69, 9.17) is 11.6 Å². The minimum atomic E-state index is 0.597. The van der Waals surface area contributed by atoms with E-state index in [1.165, 1.54) is 0 Å². The summed E-state index contributed by atoms with van der Waals surface area (Å²) in [4.78, 5) is 4.29. The van der Waals surface area contributed by atoms with Crippen LogP contribution in [0.3, 0.4) is 0 Å². The fourth-order valence-electron chi connectivity index (χ4n) is 1.91. The number of nitriles is 1. The quantitative estimate of drug-likeness (QED) is 0.923. The molecule has 0 saturated heterocycles. The number of nitrogens with zero attached hydrogens (tertiary/aromatic N) is 2. The Morgan fingerprint density at radius 2 is 1.95 bits per heavy atom. The van der Waals surface area contributed by atoms with Crippen molar-refractivity contribution in [2.45, 2.75) is 20.4 Å². The number of hydrogen-bond donors (Lipinski definition) is 1. The van der Waals surface area contributed by atoms with Crippen LogP contribution in [0.15, 0.2) is 30.3 Å². The molecule has 0 saturated carbocycles. The molecule has 0 aliphatic heterocycles. The van der Waals surface area contributed by atoms with E-state index < -0.39 is 0 Å². The van der Waals surface area contributed by atoms with Crippen LogP contribution in [0.1, 0.15) is 22.5 Å². The highest BCUT2D eigenvalue weighted by Gasteiger charge is 2.07. The van der Waals surface area contributed by atoms with Gasteiger partial charge in [0.15, 0.2) is 0 Å². The zero-order chi connectivity index (χ0) is 13.8.